The van der Waals surface area contributed by atoms with Crippen LogP contribution in [0.25, 0.3) is 0 Å². The van der Waals surface area contributed by atoms with Gasteiger partial charge in [0.2, 0.25) is 11.8 Å². The molecule has 1 heterocycles. The Bertz CT molecular complexity index is 721. The van der Waals surface area contributed by atoms with Gasteiger partial charge in [0.1, 0.15) is 11.4 Å². The highest BCUT2D eigenvalue weighted by Crippen LogP contribution is 2.40. The van der Waals surface area contributed by atoms with Gasteiger partial charge in [-0.2, -0.15) is 5.26 Å². The molecule has 9 heteroatoms. The molecule has 0 radical (unpaired) electrons. The molecule has 142 valence electrons. The number of primary amides is 1. The van der Waals surface area contributed by atoms with Gasteiger partial charge in [-0.05, 0) is 32.6 Å². The van der Waals surface area contributed by atoms with Gasteiger partial charge in [0.25, 0.3) is 0 Å². The number of amides is 2. The Balaban J connectivity index is 2.10. The first-order valence-electron chi connectivity index (χ1n) is 8.79. The third-order valence-corrected chi connectivity index (χ3v) is 5.77. The quantitative estimate of drug-likeness (QED) is 0.628. The maximum Gasteiger partial charge on any atom is 0.234 e. The predicted molar refractivity (Wildman–Crippen MR) is 98.1 cm³/mol. The fraction of sp³-hybridized carbons (Fsp3) is 0.706. The van der Waals surface area contributed by atoms with Crippen LogP contribution in [0.2, 0.25) is 0 Å². The highest BCUT2D eigenvalue weighted by molar-refractivity contribution is 8.00. The van der Waals surface area contributed by atoms with Gasteiger partial charge in [-0.15, -0.1) is 10.2 Å². The van der Waals surface area contributed by atoms with Gasteiger partial charge in [-0.25, -0.2) is 0 Å². The molecule has 0 aliphatic heterocycles. The lowest BCUT2D eigenvalue weighted by Crippen LogP contribution is -2.51. The number of thioether (sulfide) groups is 1. The molecule has 2 atom stereocenters. The van der Waals surface area contributed by atoms with Crippen LogP contribution in [0.3, 0.4) is 0 Å². The molecule has 26 heavy (non-hydrogen) atoms. The SMILES string of the molecule is CC(C)[C@](C)(C#N)NC(=O)[C@H](C)Sc1nnc(C2CC2)n1CCC(N)=O. The number of nitriles is 1. The number of carbonyl (C=O) groups is 2. The number of hydrogen-bond acceptors (Lipinski definition) is 6. The van der Waals surface area contributed by atoms with Crippen LogP contribution in [0.5, 0.6) is 0 Å². The molecule has 0 unspecified atom stereocenters. The molecule has 0 aromatic carbocycles. The van der Waals surface area contributed by atoms with Crippen LogP contribution in [0.1, 0.15) is 58.7 Å². The Hall–Kier alpha value is -2.08. The van der Waals surface area contributed by atoms with Crippen molar-refractivity contribution in [3.63, 3.8) is 0 Å². The Kier molecular flexibility index (Phi) is 6.29. The summed E-state index contributed by atoms with van der Waals surface area (Å²) in [6.07, 6.45) is 2.32. The Labute approximate surface area is 157 Å². The summed E-state index contributed by atoms with van der Waals surface area (Å²) in [5.41, 5.74) is 4.34. The van der Waals surface area contributed by atoms with E-state index in [0.717, 1.165) is 18.7 Å². The first kappa shape index (κ1) is 20.2. The van der Waals surface area contributed by atoms with E-state index in [-0.39, 0.29) is 24.2 Å². The van der Waals surface area contributed by atoms with E-state index in [0.29, 0.717) is 17.6 Å². The molecule has 1 aliphatic carbocycles. The van der Waals surface area contributed by atoms with Gasteiger partial charge < -0.3 is 15.6 Å². The van der Waals surface area contributed by atoms with Crippen molar-refractivity contribution in [3.8, 4) is 6.07 Å². The van der Waals surface area contributed by atoms with Crippen LogP contribution in [0, 0.1) is 17.2 Å². The highest BCUT2D eigenvalue weighted by atomic mass is 32.2. The zero-order valence-corrected chi connectivity index (χ0v) is 16.5. The van der Waals surface area contributed by atoms with Crippen LogP contribution in [-0.4, -0.2) is 37.4 Å². The smallest absolute Gasteiger partial charge is 0.234 e. The molecule has 0 saturated heterocycles. The molecular weight excluding hydrogens is 352 g/mol. The summed E-state index contributed by atoms with van der Waals surface area (Å²) >= 11 is 1.27. The summed E-state index contributed by atoms with van der Waals surface area (Å²) in [4.78, 5) is 23.7. The number of nitrogens with one attached hydrogen (secondary N) is 1. The number of hydrogen-bond donors (Lipinski definition) is 2. The monoisotopic (exact) mass is 378 g/mol. The van der Waals surface area contributed by atoms with Crippen molar-refractivity contribution < 1.29 is 9.59 Å². The van der Waals surface area contributed by atoms with Gasteiger partial charge in [-0.3, -0.25) is 9.59 Å². The second kappa shape index (κ2) is 8.08. The third-order valence-electron chi connectivity index (χ3n) is 4.69. The van der Waals surface area contributed by atoms with Crippen molar-refractivity contribution in [3.05, 3.63) is 5.82 Å². The summed E-state index contributed by atoms with van der Waals surface area (Å²) in [7, 11) is 0. The lowest BCUT2D eigenvalue weighted by Gasteiger charge is -2.28. The Morgan fingerprint density at radius 3 is 2.58 bits per heavy atom. The highest BCUT2D eigenvalue weighted by Gasteiger charge is 2.34. The number of nitrogens with two attached hydrogens (primary N) is 1. The summed E-state index contributed by atoms with van der Waals surface area (Å²) in [5, 5.41) is 20.8. The molecule has 1 aromatic rings. The van der Waals surface area contributed by atoms with Crippen LogP contribution in [0.4, 0.5) is 0 Å². The number of aromatic nitrogens is 3. The van der Waals surface area contributed by atoms with Crippen molar-refractivity contribution in [2.24, 2.45) is 11.7 Å². The summed E-state index contributed by atoms with van der Waals surface area (Å²) in [5.74, 6) is 0.588. The Morgan fingerprint density at radius 2 is 2.08 bits per heavy atom. The first-order valence-corrected chi connectivity index (χ1v) is 9.67. The van der Waals surface area contributed by atoms with E-state index in [1.807, 2.05) is 18.4 Å². The Morgan fingerprint density at radius 1 is 1.42 bits per heavy atom. The average molecular weight is 379 g/mol. The molecule has 0 bridgehead atoms. The second-order valence-corrected chi connectivity index (χ2v) is 8.51. The van der Waals surface area contributed by atoms with E-state index in [1.165, 1.54) is 11.8 Å². The van der Waals surface area contributed by atoms with E-state index in [2.05, 4.69) is 21.6 Å². The minimum absolute atomic E-state index is 0.0191. The molecule has 2 amide bonds. The number of nitrogens with zero attached hydrogens (tertiary/aromatic N) is 4. The average Bonchev–Trinajstić information content (AvgIpc) is 3.34. The van der Waals surface area contributed by atoms with Crippen LogP contribution >= 0.6 is 11.8 Å². The van der Waals surface area contributed by atoms with Gasteiger partial charge in [0.05, 0.1) is 11.3 Å². The van der Waals surface area contributed by atoms with E-state index >= 15 is 0 Å². The molecule has 1 saturated carbocycles. The zero-order chi connectivity index (χ0) is 19.5. The number of carbonyl (C=O) groups excluding carboxylic acids is 2. The minimum Gasteiger partial charge on any atom is -0.370 e. The molecule has 1 aromatic heterocycles. The fourth-order valence-electron chi connectivity index (χ4n) is 2.33. The van der Waals surface area contributed by atoms with E-state index in [9.17, 15) is 14.9 Å². The van der Waals surface area contributed by atoms with Gasteiger partial charge in [0, 0.05) is 18.9 Å². The van der Waals surface area contributed by atoms with Crippen molar-refractivity contribution in [2.45, 2.75) is 75.4 Å². The molecule has 8 nitrogen and oxygen atoms in total. The van der Waals surface area contributed by atoms with Crippen molar-refractivity contribution in [2.75, 3.05) is 0 Å². The van der Waals surface area contributed by atoms with Crippen molar-refractivity contribution in [1.82, 2.24) is 20.1 Å². The molecule has 0 spiro atoms. The standard InChI is InChI=1S/C17H26N6O2S/c1-10(2)17(4,9-18)20-15(25)11(3)26-16-22-21-14(12-5-6-12)23(16)8-7-13(19)24/h10-12H,5-8H2,1-4H3,(H2,19,24)(H,20,25)/t11-,17-/m0/s1. The van der Waals surface area contributed by atoms with E-state index in [4.69, 9.17) is 5.73 Å². The molecule has 3 N–H and O–H groups in total. The largest absolute Gasteiger partial charge is 0.370 e. The van der Waals surface area contributed by atoms with Crippen LogP contribution in [-0.2, 0) is 16.1 Å². The molecule has 2 rings (SSSR count). The van der Waals surface area contributed by atoms with Crippen molar-refractivity contribution >= 4 is 23.6 Å². The van der Waals surface area contributed by atoms with Crippen molar-refractivity contribution in [1.29, 1.82) is 5.26 Å². The summed E-state index contributed by atoms with van der Waals surface area (Å²) < 4.78 is 1.89. The minimum atomic E-state index is -0.926. The molecule has 1 aliphatic rings. The maximum atomic E-state index is 12.5. The summed E-state index contributed by atoms with van der Waals surface area (Å²) in [6, 6.07) is 2.17. The molecular formula is C17H26N6O2S. The van der Waals surface area contributed by atoms with E-state index in [1.54, 1.807) is 13.8 Å². The second-order valence-electron chi connectivity index (χ2n) is 7.20. The lowest BCUT2D eigenvalue weighted by atomic mass is 9.90. The number of rotatable bonds is 9. The van der Waals surface area contributed by atoms with Gasteiger partial charge in [-0.1, -0.05) is 25.6 Å². The van der Waals surface area contributed by atoms with Crippen LogP contribution < -0.4 is 11.1 Å². The summed E-state index contributed by atoms with van der Waals surface area (Å²) in [6.45, 7) is 7.68. The predicted octanol–water partition coefficient (Wildman–Crippen LogP) is 1.57. The van der Waals surface area contributed by atoms with Gasteiger partial charge in [0.15, 0.2) is 5.16 Å². The third kappa shape index (κ3) is 4.75. The molecule has 1 fully saturated rings. The zero-order valence-electron chi connectivity index (χ0n) is 15.7. The van der Waals surface area contributed by atoms with Gasteiger partial charge >= 0.3 is 0 Å². The normalized spacial score (nSPS) is 17.4. The first-order chi connectivity index (χ1) is 12.2. The van der Waals surface area contributed by atoms with Crippen LogP contribution in [0.15, 0.2) is 5.16 Å². The topological polar surface area (TPSA) is 127 Å². The fourth-order valence-corrected chi connectivity index (χ4v) is 3.22. The van der Waals surface area contributed by atoms with E-state index < -0.39 is 10.8 Å². The maximum absolute atomic E-state index is 12.5. The lowest BCUT2D eigenvalue weighted by molar-refractivity contribution is -0.122.